The van der Waals surface area contributed by atoms with E-state index in [4.69, 9.17) is 10.7 Å². The monoisotopic (exact) mass is 291 g/mol. The Kier molecular flexibility index (Phi) is 5.96. The van der Waals surface area contributed by atoms with Crippen LogP contribution >= 0.6 is 24.8 Å². The first-order valence-corrected chi connectivity index (χ1v) is 6.66. The van der Waals surface area contributed by atoms with E-state index in [0.717, 1.165) is 19.3 Å². The fraction of sp³-hybridized carbons (Fsp3) is 0.769. The van der Waals surface area contributed by atoms with Crippen molar-refractivity contribution in [2.45, 2.75) is 63.3 Å². The average Bonchev–Trinajstić information content (AvgIpc) is 2.73. The Hall–Kier alpha value is -0.250. The van der Waals surface area contributed by atoms with Crippen molar-refractivity contribution in [3.63, 3.8) is 0 Å². The SMILES string of the molecule is Cl.Cl.NC1CCc2nc(C3CCCCC3)[nH]c2C1. The lowest BCUT2D eigenvalue weighted by molar-refractivity contribution is 0.430. The highest BCUT2D eigenvalue weighted by atomic mass is 35.5. The summed E-state index contributed by atoms with van der Waals surface area (Å²) >= 11 is 0. The van der Waals surface area contributed by atoms with Crippen LogP contribution in [-0.4, -0.2) is 16.0 Å². The van der Waals surface area contributed by atoms with Gasteiger partial charge in [0.2, 0.25) is 0 Å². The molecule has 3 N–H and O–H groups in total. The van der Waals surface area contributed by atoms with Crippen LogP contribution in [-0.2, 0) is 12.8 Å². The summed E-state index contributed by atoms with van der Waals surface area (Å²) < 4.78 is 0. The molecule has 0 aliphatic heterocycles. The average molecular weight is 292 g/mol. The lowest BCUT2D eigenvalue weighted by Gasteiger charge is -2.19. The van der Waals surface area contributed by atoms with E-state index in [1.807, 2.05) is 0 Å². The second-order valence-corrected chi connectivity index (χ2v) is 5.39. The van der Waals surface area contributed by atoms with Gasteiger partial charge in [0.05, 0.1) is 5.69 Å². The third-order valence-electron chi connectivity index (χ3n) is 4.09. The maximum absolute atomic E-state index is 5.99. The van der Waals surface area contributed by atoms with Crippen LogP contribution < -0.4 is 5.73 Å². The Balaban J connectivity index is 0.000000810. The number of aromatic amines is 1. The van der Waals surface area contributed by atoms with E-state index in [-0.39, 0.29) is 24.8 Å². The van der Waals surface area contributed by atoms with E-state index in [1.54, 1.807) is 0 Å². The summed E-state index contributed by atoms with van der Waals surface area (Å²) in [6.07, 6.45) is 9.94. The molecule has 3 rings (SSSR count). The molecule has 1 saturated carbocycles. The zero-order chi connectivity index (χ0) is 11.0. The summed E-state index contributed by atoms with van der Waals surface area (Å²) in [6.45, 7) is 0. The largest absolute Gasteiger partial charge is 0.345 e. The van der Waals surface area contributed by atoms with Crippen LogP contribution in [0.2, 0.25) is 0 Å². The number of hydrogen-bond acceptors (Lipinski definition) is 2. The fourth-order valence-electron chi connectivity index (χ4n) is 3.10. The highest BCUT2D eigenvalue weighted by molar-refractivity contribution is 5.85. The van der Waals surface area contributed by atoms with E-state index < -0.39 is 0 Å². The van der Waals surface area contributed by atoms with Gasteiger partial charge in [-0.1, -0.05) is 19.3 Å². The first-order chi connectivity index (χ1) is 7.83. The number of hydrogen-bond donors (Lipinski definition) is 2. The maximum Gasteiger partial charge on any atom is 0.109 e. The summed E-state index contributed by atoms with van der Waals surface area (Å²) in [5, 5.41) is 0. The third kappa shape index (κ3) is 3.19. The van der Waals surface area contributed by atoms with Crippen molar-refractivity contribution in [2.24, 2.45) is 5.73 Å². The van der Waals surface area contributed by atoms with Gasteiger partial charge in [-0.15, -0.1) is 24.8 Å². The van der Waals surface area contributed by atoms with Crippen LogP contribution in [0.25, 0.3) is 0 Å². The molecule has 1 heterocycles. The van der Waals surface area contributed by atoms with Gasteiger partial charge in [-0.2, -0.15) is 0 Å². The van der Waals surface area contributed by atoms with Crippen molar-refractivity contribution < 1.29 is 0 Å². The van der Waals surface area contributed by atoms with Crippen molar-refractivity contribution >= 4 is 24.8 Å². The predicted molar refractivity (Wildman–Crippen MR) is 78.9 cm³/mol. The molecular formula is C13H23Cl2N3. The first kappa shape index (κ1) is 15.8. The molecule has 0 saturated heterocycles. The minimum absolute atomic E-state index is 0. The minimum atomic E-state index is 0. The third-order valence-corrected chi connectivity index (χ3v) is 4.09. The topological polar surface area (TPSA) is 54.7 Å². The molecular weight excluding hydrogens is 269 g/mol. The number of nitrogens with two attached hydrogens (primary N) is 1. The molecule has 1 atom stereocenters. The van der Waals surface area contributed by atoms with Crippen molar-refractivity contribution in [3.05, 3.63) is 17.2 Å². The molecule has 0 amide bonds. The summed E-state index contributed by atoms with van der Waals surface area (Å²) in [7, 11) is 0. The number of fused-ring (bicyclic) bond motifs is 1. The number of nitrogens with one attached hydrogen (secondary N) is 1. The molecule has 3 nitrogen and oxygen atoms in total. The Morgan fingerprint density at radius 1 is 1.06 bits per heavy atom. The van der Waals surface area contributed by atoms with Gasteiger partial charge in [-0.05, 0) is 25.7 Å². The van der Waals surface area contributed by atoms with Crippen LogP contribution in [0, 0.1) is 0 Å². The highest BCUT2D eigenvalue weighted by Gasteiger charge is 2.23. The van der Waals surface area contributed by atoms with Crippen molar-refractivity contribution in [3.8, 4) is 0 Å². The standard InChI is InChI=1S/C13H21N3.2ClH/c14-10-6-7-11-12(8-10)16-13(15-11)9-4-2-1-3-5-9;;/h9-10H,1-8,14H2,(H,15,16);2*1H. The molecule has 5 heteroatoms. The Morgan fingerprint density at radius 3 is 2.50 bits per heavy atom. The molecule has 104 valence electrons. The number of aromatic nitrogens is 2. The number of rotatable bonds is 1. The molecule has 0 aromatic carbocycles. The van der Waals surface area contributed by atoms with E-state index in [2.05, 4.69) is 4.98 Å². The minimum Gasteiger partial charge on any atom is -0.345 e. The first-order valence-electron chi connectivity index (χ1n) is 6.66. The summed E-state index contributed by atoms with van der Waals surface area (Å²) in [5.74, 6) is 1.94. The van der Waals surface area contributed by atoms with Crippen LogP contribution in [0.4, 0.5) is 0 Å². The van der Waals surface area contributed by atoms with Crippen LogP contribution in [0.3, 0.4) is 0 Å². The normalized spacial score (nSPS) is 23.7. The van der Waals surface area contributed by atoms with Crippen molar-refractivity contribution in [2.75, 3.05) is 0 Å². The van der Waals surface area contributed by atoms with Gasteiger partial charge in [0.1, 0.15) is 5.82 Å². The number of H-pyrrole nitrogens is 1. The summed E-state index contributed by atoms with van der Waals surface area (Å²) in [6, 6.07) is 0.340. The van der Waals surface area contributed by atoms with Gasteiger partial charge >= 0.3 is 0 Å². The van der Waals surface area contributed by atoms with Crippen LogP contribution in [0.1, 0.15) is 61.7 Å². The summed E-state index contributed by atoms with van der Waals surface area (Å²) in [5.41, 5.74) is 8.60. The molecule has 1 aromatic heterocycles. The van der Waals surface area contributed by atoms with Gasteiger partial charge < -0.3 is 10.7 Å². The van der Waals surface area contributed by atoms with E-state index >= 15 is 0 Å². The Bertz CT molecular complexity index is 372. The highest BCUT2D eigenvalue weighted by Crippen LogP contribution is 2.32. The molecule has 0 bridgehead atoms. The second-order valence-electron chi connectivity index (χ2n) is 5.39. The van der Waals surface area contributed by atoms with E-state index in [0.29, 0.717) is 12.0 Å². The molecule has 1 aromatic rings. The molecule has 1 unspecified atom stereocenters. The lowest BCUT2D eigenvalue weighted by atomic mass is 9.89. The van der Waals surface area contributed by atoms with Gasteiger partial charge in [0.15, 0.2) is 0 Å². The molecule has 18 heavy (non-hydrogen) atoms. The zero-order valence-electron chi connectivity index (χ0n) is 10.7. The van der Waals surface area contributed by atoms with Gasteiger partial charge in [0, 0.05) is 24.1 Å². The number of nitrogens with zero attached hydrogens (tertiary/aromatic N) is 1. The summed E-state index contributed by atoms with van der Waals surface area (Å²) in [4.78, 5) is 8.34. The van der Waals surface area contributed by atoms with Crippen LogP contribution in [0.15, 0.2) is 0 Å². The second kappa shape index (κ2) is 6.78. The Morgan fingerprint density at radius 2 is 1.78 bits per heavy atom. The molecule has 0 spiro atoms. The van der Waals surface area contributed by atoms with Gasteiger partial charge in [-0.25, -0.2) is 4.98 Å². The van der Waals surface area contributed by atoms with Gasteiger partial charge in [0.25, 0.3) is 0 Å². The zero-order valence-corrected chi connectivity index (χ0v) is 12.3. The number of halogens is 2. The molecule has 1 fully saturated rings. The smallest absolute Gasteiger partial charge is 0.109 e. The van der Waals surface area contributed by atoms with E-state index in [9.17, 15) is 0 Å². The maximum atomic E-state index is 5.99. The molecule has 2 aliphatic rings. The molecule has 2 aliphatic carbocycles. The quantitative estimate of drug-likeness (QED) is 0.835. The van der Waals surface area contributed by atoms with Crippen molar-refractivity contribution in [1.29, 1.82) is 0 Å². The lowest BCUT2D eigenvalue weighted by Crippen LogP contribution is -2.27. The van der Waals surface area contributed by atoms with Gasteiger partial charge in [-0.3, -0.25) is 0 Å². The van der Waals surface area contributed by atoms with E-state index in [1.165, 1.54) is 49.3 Å². The van der Waals surface area contributed by atoms with Crippen molar-refractivity contribution in [1.82, 2.24) is 9.97 Å². The Labute approximate surface area is 121 Å². The number of imidazole rings is 1. The number of aryl methyl sites for hydroxylation is 1. The van der Waals surface area contributed by atoms with Crippen LogP contribution in [0.5, 0.6) is 0 Å². The molecule has 0 radical (unpaired) electrons. The fourth-order valence-corrected chi connectivity index (χ4v) is 3.10. The predicted octanol–water partition coefficient (Wildman–Crippen LogP) is 3.12.